The Bertz CT molecular complexity index is 684. The highest BCUT2D eigenvalue weighted by atomic mass is 79.9. The average Bonchev–Trinajstić information content (AvgIpc) is 2.46. The maximum atomic E-state index is 12.3. The molecule has 110 valence electrons. The van der Waals surface area contributed by atoms with Crippen molar-refractivity contribution in [3.63, 3.8) is 0 Å². The molecule has 0 saturated heterocycles. The molecule has 0 aliphatic carbocycles. The molecule has 0 fully saturated rings. The van der Waals surface area contributed by atoms with Crippen LogP contribution in [0.5, 0.6) is 0 Å². The largest absolute Gasteiger partial charge is 0.465 e. The van der Waals surface area contributed by atoms with E-state index in [1.54, 1.807) is 20.0 Å². The van der Waals surface area contributed by atoms with Gasteiger partial charge in [-0.2, -0.15) is 0 Å². The molecule has 0 spiro atoms. The SMILES string of the molecule is CCOC(=O)CN(C)C(=O)c1ccc2cc(Br)ccc2c1. The predicted molar refractivity (Wildman–Crippen MR) is 85.2 cm³/mol. The van der Waals surface area contributed by atoms with Gasteiger partial charge >= 0.3 is 5.97 Å². The Kier molecular flexibility index (Phi) is 4.96. The first-order valence-electron chi connectivity index (χ1n) is 6.61. The quantitative estimate of drug-likeness (QED) is 0.796. The number of nitrogens with zero attached hydrogens (tertiary/aromatic N) is 1. The van der Waals surface area contributed by atoms with Crippen molar-refractivity contribution in [1.82, 2.24) is 4.90 Å². The lowest BCUT2D eigenvalue weighted by molar-refractivity contribution is -0.143. The topological polar surface area (TPSA) is 46.6 Å². The number of halogens is 1. The molecule has 0 bridgehead atoms. The molecule has 0 aliphatic heterocycles. The molecule has 2 aromatic carbocycles. The number of carbonyl (C=O) groups excluding carboxylic acids is 2. The number of rotatable bonds is 4. The first-order chi connectivity index (χ1) is 10.0. The Balaban J connectivity index is 2.19. The van der Waals surface area contributed by atoms with E-state index in [1.165, 1.54) is 4.90 Å². The molecule has 1 amide bonds. The number of likely N-dealkylation sites (N-methyl/N-ethyl adjacent to an activating group) is 1. The van der Waals surface area contributed by atoms with E-state index < -0.39 is 5.97 Å². The molecular formula is C16H16BrNO3. The highest BCUT2D eigenvalue weighted by molar-refractivity contribution is 9.10. The van der Waals surface area contributed by atoms with Crippen LogP contribution in [0.15, 0.2) is 40.9 Å². The molecule has 0 unspecified atom stereocenters. The predicted octanol–water partition coefficient (Wildman–Crippen LogP) is 3.24. The van der Waals surface area contributed by atoms with Gasteiger partial charge in [0.05, 0.1) is 6.61 Å². The van der Waals surface area contributed by atoms with Gasteiger partial charge in [-0.25, -0.2) is 0 Å². The van der Waals surface area contributed by atoms with E-state index in [-0.39, 0.29) is 12.5 Å². The molecule has 0 heterocycles. The lowest BCUT2D eigenvalue weighted by Crippen LogP contribution is -2.33. The molecule has 5 heteroatoms. The molecule has 0 radical (unpaired) electrons. The molecule has 0 atom stereocenters. The number of amides is 1. The lowest BCUT2D eigenvalue weighted by Gasteiger charge is -2.16. The zero-order chi connectivity index (χ0) is 15.4. The monoisotopic (exact) mass is 349 g/mol. The normalized spacial score (nSPS) is 10.4. The van der Waals surface area contributed by atoms with Gasteiger partial charge in [-0.15, -0.1) is 0 Å². The van der Waals surface area contributed by atoms with Crippen LogP contribution in [0, 0.1) is 0 Å². The standard InChI is InChI=1S/C16H16BrNO3/c1-3-21-15(19)10-18(2)16(20)13-5-4-12-9-14(17)7-6-11(12)8-13/h4-9H,3,10H2,1-2H3. The first-order valence-corrected chi connectivity index (χ1v) is 7.41. The van der Waals surface area contributed by atoms with Gasteiger partial charge in [-0.1, -0.05) is 28.1 Å². The molecule has 0 aliphatic rings. The summed E-state index contributed by atoms with van der Waals surface area (Å²) in [6.07, 6.45) is 0. The summed E-state index contributed by atoms with van der Waals surface area (Å²) in [6, 6.07) is 11.3. The number of benzene rings is 2. The van der Waals surface area contributed by atoms with E-state index in [2.05, 4.69) is 15.9 Å². The second kappa shape index (κ2) is 6.72. The van der Waals surface area contributed by atoms with E-state index in [4.69, 9.17) is 4.74 Å². The fourth-order valence-electron chi connectivity index (χ4n) is 2.04. The Morgan fingerprint density at radius 3 is 2.52 bits per heavy atom. The van der Waals surface area contributed by atoms with Gasteiger partial charge < -0.3 is 9.64 Å². The highest BCUT2D eigenvalue weighted by Crippen LogP contribution is 2.21. The zero-order valence-electron chi connectivity index (χ0n) is 11.9. The Hall–Kier alpha value is -1.88. The second-order valence-electron chi connectivity index (χ2n) is 4.67. The number of ether oxygens (including phenoxy) is 1. The van der Waals surface area contributed by atoms with Crippen LogP contribution in [0.4, 0.5) is 0 Å². The van der Waals surface area contributed by atoms with Gasteiger partial charge in [-0.3, -0.25) is 9.59 Å². The maximum absolute atomic E-state index is 12.3. The zero-order valence-corrected chi connectivity index (χ0v) is 13.5. The molecule has 0 N–H and O–H groups in total. The van der Waals surface area contributed by atoms with Crippen LogP contribution >= 0.6 is 15.9 Å². The van der Waals surface area contributed by atoms with Gasteiger partial charge in [0.15, 0.2) is 0 Å². The second-order valence-corrected chi connectivity index (χ2v) is 5.59. The summed E-state index contributed by atoms with van der Waals surface area (Å²) in [6.45, 7) is 2.00. The number of hydrogen-bond donors (Lipinski definition) is 0. The van der Waals surface area contributed by atoms with Gasteiger partial charge in [0.1, 0.15) is 6.54 Å². The molecule has 0 aromatic heterocycles. The van der Waals surface area contributed by atoms with Gasteiger partial charge in [0.2, 0.25) is 0 Å². The minimum atomic E-state index is -0.405. The van der Waals surface area contributed by atoms with Crippen molar-refractivity contribution < 1.29 is 14.3 Å². The fourth-order valence-corrected chi connectivity index (χ4v) is 2.42. The highest BCUT2D eigenvalue weighted by Gasteiger charge is 2.15. The summed E-state index contributed by atoms with van der Waals surface area (Å²) in [7, 11) is 1.59. The van der Waals surface area contributed by atoms with Crippen molar-refractivity contribution >= 4 is 38.6 Å². The summed E-state index contributed by atoms with van der Waals surface area (Å²) in [5, 5.41) is 2.03. The number of carbonyl (C=O) groups is 2. The molecule has 4 nitrogen and oxygen atoms in total. The van der Waals surface area contributed by atoms with Crippen molar-refractivity contribution in [3.05, 3.63) is 46.4 Å². The van der Waals surface area contributed by atoms with Crippen LogP contribution in [-0.4, -0.2) is 37.0 Å². The van der Waals surface area contributed by atoms with Crippen LogP contribution in [0.25, 0.3) is 10.8 Å². The molecule has 21 heavy (non-hydrogen) atoms. The van der Waals surface area contributed by atoms with Crippen LogP contribution in [0.1, 0.15) is 17.3 Å². The summed E-state index contributed by atoms with van der Waals surface area (Å²) in [4.78, 5) is 25.1. The van der Waals surface area contributed by atoms with Crippen molar-refractivity contribution in [2.24, 2.45) is 0 Å². The van der Waals surface area contributed by atoms with E-state index in [9.17, 15) is 9.59 Å². The van der Waals surface area contributed by atoms with E-state index in [0.717, 1.165) is 15.2 Å². The third kappa shape index (κ3) is 3.82. The molecular weight excluding hydrogens is 334 g/mol. The van der Waals surface area contributed by atoms with Crippen molar-refractivity contribution in [2.75, 3.05) is 20.2 Å². The first kappa shape index (κ1) is 15.5. The molecule has 2 aromatic rings. The maximum Gasteiger partial charge on any atom is 0.325 e. The van der Waals surface area contributed by atoms with Crippen molar-refractivity contribution in [1.29, 1.82) is 0 Å². The van der Waals surface area contributed by atoms with Crippen LogP contribution in [0.2, 0.25) is 0 Å². The fraction of sp³-hybridized carbons (Fsp3) is 0.250. The summed E-state index contributed by atoms with van der Waals surface area (Å²) in [5.41, 5.74) is 0.552. The smallest absolute Gasteiger partial charge is 0.325 e. The molecule has 2 rings (SSSR count). The van der Waals surface area contributed by atoms with E-state index in [0.29, 0.717) is 12.2 Å². The van der Waals surface area contributed by atoms with E-state index in [1.807, 2.05) is 30.3 Å². The minimum Gasteiger partial charge on any atom is -0.465 e. The number of hydrogen-bond acceptors (Lipinski definition) is 3. The van der Waals surface area contributed by atoms with Crippen molar-refractivity contribution in [3.8, 4) is 0 Å². The summed E-state index contributed by atoms with van der Waals surface area (Å²) < 4.78 is 5.84. The Morgan fingerprint density at radius 1 is 1.14 bits per heavy atom. The average molecular weight is 350 g/mol. The number of esters is 1. The van der Waals surface area contributed by atoms with Gasteiger partial charge in [-0.05, 0) is 42.0 Å². The summed E-state index contributed by atoms with van der Waals surface area (Å²) in [5.74, 6) is -0.606. The minimum absolute atomic E-state index is 0.0505. The Labute approximate surface area is 131 Å². The third-order valence-corrected chi connectivity index (χ3v) is 3.56. The van der Waals surface area contributed by atoms with Crippen LogP contribution in [0.3, 0.4) is 0 Å². The lowest BCUT2D eigenvalue weighted by atomic mass is 10.1. The molecule has 0 saturated carbocycles. The summed E-state index contributed by atoms with van der Waals surface area (Å²) >= 11 is 3.42. The number of fused-ring (bicyclic) bond motifs is 1. The van der Waals surface area contributed by atoms with Gasteiger partial charge in [0, 0.05) is 17.1 Å². The van der Waals surface area contributed by atoms with Gasteiger partial charge in [0.25, 0.3) is 5.91 Å². The van der Waals surface area contributed by atoms with E-state index >= 15 is 0 Å². The Morgan fingerprint density at radius 2 is 1.81 bits per heavy atom. The van der Waals surface area contributed by atoms with Crippen LogP contribution in [-0.2, 0) is 9.53 Å². The van der Waals surface area contributed by atoms with Crippen molar-refractivity contribution in [2.45, 2.75) is 6.92 Å². The third-order valence-electron chi connectivity index (χ3n) is 3.07. The van der Waals surface area contributed by atoms with Crippen LogP contribution < -0.4 is 0 Å².